The van der Waals surface area contributed by atoms with E-state index in [1.807, 2.05) is 0 Å². The lowest BCUT2D eigenvalue weighted by atomic mass is 10.2. The molecule has 1 saturated heterocycles. The molecule has 116 valence electrons. The Hall–Kier alpha value is -1.11. The molecule has 7 heteroatoms. The summed E-state index contributed by atoms with van der Waals surface area (Å²) in [7, 11) is -3.32. The van der Waals surface area contributed by atoms with Gasteiger partial charge in [0.1, 0.15) is 0 Å². The Balaban J connectivity index is 1.87. The highest BCUT2D eigenvalue weighted by Crippen LogP contribution is 2.14. The quantitative estimate of drug-likeness (QED) is 0.820. The molecule has 0 saturated carbocycles. The number of morpholine rings is 1. The second-order valence-electron chi connectivity index (χ2n) is 4.97. The van der Waals surface area contributed by atoms with Crippen LogP contribution in [0.1, 0.15) is 12.0 Å². The van der Waals surface area contributed by atoms with E-state index in [9.17, 15) is 13.2 Å². The fourth-order valence-corrected chi connectivity index (χ4v) is 3.70. The third kappa shape index (κ3) is 5.30. The molecule has 1 aliphatic heterocycles. The largest absolute Gasteiger partial charge is 0.378 e. The zero-order valence-electron chi connectivity index (χ0n) is 11.6. The van der Waals surface area contributed by atoms with Crippen LogP contribution < -0.4 is 0 Å². The molecule has 0 aliphatic carbocycles. The molecule has 5 nitrogen and oxygen atoms in total. The van der Waals surface area contributed by atoms with Gasteiger partial charge in [0, 0.05) is 24.5 Å². The van der Waals surface area contributed by atoms with Crippen LogP contribution in [0.25, 0.3) is 0 Å². The molecular weight excluding hydrogens is 314 g/mol. The minimum absolute atomic E-state index is 0.0168. The van der Waals surface area contributed by atoms with Crippen molar-refractivity contribution in [3.05, 3.63) is 34.9 Å². The third-order valence-electron chi connectivity index (χ3n) is 3.27. The van der Waals surface area contributed by atoms with Gasteiger partial charge in [0.25, 0.3) is 0 Å². The zero-order chi connectivity index (χ0) is 15.3. The standard InChI is InChI=1S/C14H18ClNO4S/c15-13-3-1-2-12(10-13)11-21(18,19)9-4-14(17)16-5-7-20-8-6-16/h1-3,10H,4-9,11H2. The molecule has 0 aromatic heterocycles. The lowest BCUT2D eigenvalue weighted by Gasteiger charge is -2.26. The average molecular weight is 332 g/mol. The van der Waals surface area contributed by atoms with Gasteiger partial charge in [-0.2, -0.15) is 0 Å². The van der Waals surface area contributed by atoms with Gasteiger partial charge in [0.2, 0.25) is 5.91 Å². The summed E-state index contributed by atoms with van der Waals surface area (Å²) in [6, 6.07) is 6.75. The van der Waals surface area contributed by atoms with E-state index in [-0.39, 0.29) is 23.8 Å². The van der Waals surface area contributed by atoms with Crippen LogP contribution in [0.5, 0.6) is 0 Å². The normalized spacial score (nSPS) is 16.0. The molecule has 0 radical (unpaired) electrons. The molecular formula is C14H18ClNO4S. The van der Waals surface area contributed by atoms with Crippen molar-refractivity contribution in [2.24, 2.45) is 0 Å². The highest BCUT2D eigenvalue weighted by molar-refractivity contribution is 7.90. The number of hydrogen-bond acceptors (Lipinski definition) is 4. The lowest BCUT2D eigenvalue weighted by molar-refractivity contribution is -0.134. The van der Waals surface area contributed by atoms with E-state index in [1.165, 1.54) is 0 Å². The van der Waals surface area contributed by atoms with Crippen LogP contribution >= 0.6 is 11.6 Å². The number of amides is 1. The molecule has 0 unspecified atom stereocenters. The van der Waals surface area contributed by atoms with Gasteiger partial charge < -0.3 is 9.64 Å². The summed E-state index contributed by atoms with van der Waals surface area (Å²) in [6.45, 7) is 2.10. The van der Waals surface area contributed by atoms with Crippen molar-refractivity contribution in [3.63, 3.8) is 0 Å². The van der Waals surface area contributed by atoms with E-state index in [0.717, 1.165) is 0 Å². The number of sulfone groups is 1. The number of nitrogens with zero attached hydrogens (tertiary/aromatic N) is 1. The Kier molecular flexibility index (Phi) is 5.61. The van der Waals surface area contributed by atoms with Crippen LogP contribution in [0.2, 0.25) is 5.02 Å². The van der Waals surface area contributed by atoms with E-state index in [2.05, 4.69) is 0 Å². The summed E-state index contributed by atoms with van der Waals surface area (Å²) in [5.74, 6) is -0.368. The molecule has 1 amide bonds. The van der Waals surface area contributed by atoms with Crippen molar-refractivity contribution < 1.29 is 17.9 Å². The molecule has 1 aromatic carbocycles. The van der Waals surface area contributed by atoms with Gasteiger partial charge in [-0.3, -0.25) is 4.79 Å². The molecule has 1 aliphatic rings. The Morgan fingerprint density at radius 2 is 2.00 bits per heavy atom. The summed E-state index contributed by atoms with van der Waals surface area (Å²) in [5, 5.41) is 0.507. The SMILES string of the molecule is O=C(CCS(=O)(=O)Cc1cccc(Cl)c1)N1CCOCC1. The molecule has 2 rings (SSSR count). The Labute approximate surface area is 129 Å². The van der Waals surface area contributed by atoms with E-state index in [0.29, 0.717) is 36.9 Å². The third-order valence-corrected chi connectivity index (χ3v) is 5.10. The fourth-order valence-electron chi connectivity index (χ4n) is 2.17. The fraction of sp³-hybridized carbons (Fsp3) is 0.500. The molecule has 21 heavy (non-hydrogen) atoms. The molecule has 1 fully saturated rings. The molecule has 0 N–H and O–H groups in total. The summed E-state index contributed by atoms with van der Waals surface area (Å²) >= 11 is 5.84. The van der Waals surface area contributed by atoms with E-state index in [4.69, 9.17) is 16.3 Å². The van der Waals surface area contributed by atoms with Crippen molar-refractivity contribution in [1.82, 2.24) is 4.90 Å². The van der Waals surface area contributed by atoms with Crippen molar-refractivity contribution in [2.75, 3.05) is 32.1 Å². The maximum Gasteiger partial charge on any atom is 0.223 e. The minimum Gasteiger partial charge on any atom is -0.378 e. The number of ether oxygens (including phenoxy) is 1. The number of benzene rings is 1. The predicted molar refractivity (Wildman–Crippen MR) is 81.0 cm³/mol. The molecule has 0 atom stereocenters. The number of carbonyl (C=O) groups is 1. The smallest absolute Gasteiger partial charge is 0.223 e. The molecule has 0 bridgehead atoms. The highest BCUT2D eigenvalue weighted by Gasteiger charge is 2.20. The van der Waals surface area contributed by atoms with Crippen LogP contribution in [0.15, 0.2) is 24.3 Å². The second-order valence-corrected chi connectivity index (χ2v) is 7.59. The first kappa shape index (κ1) is 16.3. The molecule has 0 spiro atoms. The number of carbonyl (C=O) groups excluding carboxylic acids is 1. The monoisotopic (exact) mass is 331 g/mol. The van der Waals surface area contributed by atoms with Crippen LogP contribution in [-0.4, -0.2) is 51.3 Å². The van der Waals surface area contributed by atoms with Gasteiger partial charge >= 0.3 is 0 Å². The Morgan fingerprint density at radius 3 is 2.67 bits per heavy atom. The number of halogens is 1. The highest BCUT2D eigenvalue weighted by atomic mass is 35.5. The van der Waals surface area contributed by atoms with E-state index >= 15 is 0 Å². The lowest BCUT2D eigenvalue weighted by Crippen LogP contribution is -2.41. The van der Waals surface area contributed by atoms with Crippen molar-refractivity contribution in [2.45, 2.75) is 12.2 Å². The van der Waals surface area contributed by atoms with Gasteiger partial charge in [0.05, 0.1) is 24.7 Å². The Morgan fingerprint density at radius 1 is 1.29 bits per heavy atom. The van der Waals surface area contributed by atoms with Crippen LogP contribution in [0.4, 0.5) is 0 Å². The van der Waals surface area contributed by atoms with Gasteiger partial charge in [-0.05, 0) is 17.7 Å². The predicted octanol–water partition coefficient (Wildman–Crippen LogP) is 1.50. The summed E-state index contributed by atoms with van der Waals surface area (Å²) in [4.78, 5) is 13.6. The maximum atomic E-state index is 12.1. The van der Waals surface area contributed by atoms with Crippen molar-refractivity contribution in [3.8, 4) is 0 Å². The number of hydrogen-bond donors (Lipinski definition) is 0. The van der Waals surface area contributed by atoms with Crippen LogP contribution in [-0.2, 0) is 25.1 Å². The number of rotatable bonds is 5. The summed E-state index contributed by atoms with van der Waals surface area (Å²) in [6.07, 6.45) is 0.0168. The first-order chi connectivity index (χ1) is 9.96. The summed E-state index contributed by atoms with van der Waals surface area (Å²) in [5.41, 5.74) is 0.640. The van der Waals surface area contributed by atoms with Crippen LogP contribution in [0, 0.1) is 0 Å². The van der Waals surface area contributed by atoms with E-state index < -0.39 is 9.84 Å². The van der Waals surface area contributed by atoms with Gasteiger partial charge in [0.15, 0.2) is 9.84 Å². The first-order valence-electron chi connectivity index (χ1n) is 6.77. The van der Waals surface area contributed by atoms with Gasteiger partial charge in [-0.1, -0.05) is 23.7 Å². The topological polar surface area (TPSA) is 63.7 Å². The average Bonchev–Trinajstić information content (AvgIpc) is 2.45. The first-order valence-corrected chi connectivity index (χ1v) is 8.97. The van der Waals surface area contributed by atoms with Crippen molar-refractivity contribution >= 4 is 27.3 Å². The van der Waals surface area contributed by atoms with E-state index in [1.54, 1.807) is 29.2 Å². The maximum absolute atomic E-state index is 12.1. The second kappa shape index (κ2) is 7.24. The molecule has 1 aromatic rings. The van der Waals surface area contributed by atoms with Crippen molar-refractivity contribution in [1.29, 1.82) is 0 Å². The van der Waals surface area contributed by atoms with Crippen LogP contribution in [0.3, 0.4) is 0 Å². The molecule has 1 heterocycles. The minimum atomic E-state index is -3.32. The Bertz CT molecular complexity index is 597. The zero-order valence-corrected chi connectivity index (χ0v) is 13.2. The van der Waals surface area contributed by atoms with Gasteiger partial charge in [-0.15, -0.1) is 0 Å². The van der Waals surface area contributed by atoms with Gasteiger partial charge in [-0.25, -0.2) is 8.42 Å². The summed E-state index contributed by atoms with van der Waals surface area (Å²) < 4.78 is 29.3.